The van der Waals surface area contributed by atoms with Crippen LogP contribution in [0.3, 0.4) is 0 Å². The SMILES string of the molecule is CCC(C)CS(=O)CC(C(=O)O)c1ccccc1. The van der Waals surface area contributed by atoms with E-state index in [1.165, 1.54) is 0 Å². The van der Waals surface area contributed by atoms with Crippen LogP contribution in [0.2, 0.25) is 0 Å². The quantitative estimate of drug-likeness (QED) is 0.827. The van der Waals surface area contributed by atoms with Crippen LogP contribution in [-0.4, -0.2) is 26.8 Å². The molecule has 3 atom stereocenters. The van der Waals surface area contributed by atoms with E-state index in [0.717, 1.165) is 12.0 Å². The maximum atomic E-state index is 11.9. The molecule has 0 aliphatic rings. The van der Waals surface area contributed by atoms with Crippen molar-refractivity contribution in [2.75, 3.05) is 11.5 Å². The summed E-state index contributed by atoms with van der Waals surface area (Å²) < 4.78 is 11.9. The molecule has 18 heavy (non-hydrogen) atoms. The average molecular weight is 268 g/mol. The second-order valence-electron chi connectivity index (χ2n) is 4.59. The van der Waals surface area contributed by atoms with E-state index in [0.29, 0.717) is 11.7 Å². The molecule has 0 bridgehead atoms. The number of hydrogen-bond acceptors (Lipinski definition) is 2. The van der Waals surface area contributed by atoms with Gasteiger partial charge >= 0.3 is 5.97 Å². The van der Waals surface area contributed by atoms with Crippen LogP contribution in [0.15, 0.2) is 30.3 Å². The van der Waals surface area contributed by atoms with Crippen LogP contribution in [0.1, 0.15) is 31.7 Å². The highest BCUT2D eigenvalue weighted by Crippen LogP contribution is 2.18. The smallest absolute Gasteiger partial charge is 0.311 e. The third-order valence-corrected chi connectivity index (χ3v) is 4.67. The fourth-order valence-electron chi connectivity index (χ4n) is 1.68. The van der Waals surface area contributed by atoms with Crippen LogP contribution < -0.4 is 0 Å². The van der Waals surface area contributed by atoms with Crippen LogP contribution in [0, 0.1) is 5.92 Å². The van der Waals surface area contributed by atoms with Crippen molar-refractivity contribution < 1.29 is 14.1 Å². The van der Waals surface area contributed by atoms with Gasteiger partial charge in [0.1, 0.15) is 0 Å². The Bertz CT molecular complexity index is 403. The van der Waals surface area contributed by atoms with Crippen molar-refractivity contribution in [3.05, 3.63) is 35.9 Å². The monoisotopic (exact) mass is 268 g/mol. The summed E-state index contributed by atoms with van der Waals surface area (Å²) in [6.45, 7) is 4.09. The van der Waals surface area contributed by atoms with Crippen molar-refractivity contribution in [3.63, 3.8) is 0 Å². The highest BCUT2D eigenvalue weighted by atomic mass is 32.2. The molecule has 4 heteroatoms. The van der Waals surface area contributed by atoms with Gasteiger partial charge in [-0.1, -0.05) is 50.6 Å². The molecule has 0 aliphatic heterocycles. The number of carboxylic acids is 1. The number of benzene rings is 1. The molecule has 0 aromatic heterocycles. The van der Waals surface area contributed by atoms with Gasteiger partial charge in [0.2, 0.25) is 0 Å². The normalized spacial score (nSPS) is 15.9. The number of carboxylic acid groups (broad SMARTS) is 1. The number of rotatable bonds is 7. The first-order valence-corrected chi connectivity index (χ1v) is 7.66. The Kier molecular flexibility index (Phi) is 6.05. The summed E-state index contributed by atoms with van der Waals surface area (Å²) in [5.41, 5.74) is 0.725. The zero-order valence-corrected chi connectivity index (χ0v) is 11.7. The number of aliphatic carboxylic acids is 1. The number of hydrogen-bond donors (Lipinski definition) is 1. The Labute approximate surface area is 111 Å². The lowest BCUT2D eigenvalue weighted by molar-refractivity contribution is -0.138. The minimum atomic E-state index is -1.08. The summed E-state index contributed by atoms with van der Waals surface area (Å²) in [6.07, 6.45) is 0.967. The molecular formula is C14H20O3S. The van der Waals surface area contributed by atoms with Crippen molar-refractivity contribution in [1.29, 1.82) is 0 Å². The van der Waals surface area contributed by atoms with Gasteiger partial charge in [0.05, 0.1) is 5.92 Å². The molecular weight excluding hydrogens is 248 g/mol. The summed E-state index contributed by atoms with van der Waals surface area (Å²) in [4.78, 5) is 11.3. The first kappa shape index (κ1) is 14.9. The minimum Gasteiger partial charge on any atom is -0.481 e. The summed E-state index contributed by atoms with van der Waals surface area (Å²) in [7, 11) is -1.08. The Balaban J connectivity index is 2.71. The second-order valence-corrected chi connectivity index (χ2v) is 6.13. The Morgan fingerprint density at radius 1 is 1.28 bits per heavy atom. The van der Waals surface area contributed by atoms with Crippen molar-refractivity contribution in [3.8, 4) is 0 Å². The summed E-state index contributed by atoms with van der Waals surface area (Å²) in [6, 6.07) is 9.02. The van der Waals surface area contributed by atoms with Gasteiger partial charge < -0.3 is 5.11 Å². The molecule has 1 aromatic carbocycles. The second kappa shape index (κ2) is 7.31. The topological polar surface area (TPSA) is 54.4 Å². The predicted molar refractivity (Wildman–Crippen MR) is 74.2 cm³/mol. The van der Waals surface area contributed by atoms with Crippen LogP contribution >= 0.6 is 0 Å². The maximum Gasteiger partial charge on any atom is 0.311 e. The molecule has 3 nitrogen and oxygen atoms in total. The highest BCUT2D eigenvalue weighted by molar-refractivity contribution is 7.85. The molecule has 1 N–H and O–H groups in total. The molecule has 0 saturated heterocycles. The van der Waals surface area contributed by atoms with Crippen LogP contribution in [0.4, 0.5) is 0 Å². The molecule has 0 radical (unpaired) electrons. The molecule has 3 unspecified atom stereocenters. The van der Waals surface area contributed by atoms with Gasteiger partial charge in [-0.2, -0.15) is 0 Å². The highest BCUT2D eigenvalue weighted by Gasteiger charge is 2.22. The van der Waals surface area contributed by atoms with E-state index in [1.807, 2.05) is 32.0 Å². The molecule has 1 aromatic rings. The summed E-state index contributed by atoms with van der Waals surface area (Å²) in [5.74, 6) is -0.428. The molecule has 0 heterocycles. The van der Waals surface area contributed by atoms with E-state index in [-0.39, 0.29) is 5.75 Å². The van der Waals surface area contributed by atoms with Gasteiger partial charge in [-0.3, -0.25) is 9.00 Å². The van der Waals surface area contributed by atoms with Crippen molar-refractivity contribution in [1.82, 2.24) is 0 Å². The summed E-state index contributed by atoms with van der Waals surface area (Å²) in [5, 5.41) is 9.23. The van der Waals surface area contributed by atoms with Gasteiger partial charge in [-0.05, 0) is 11.5 Å². The molecule has 0 amide bonds. The molecule has 1 rings (SSSR count). The maximum absolute atomic E-state index is 11.9. The van der Waals surface area contributed by atoms with Crippen molar-refractivity contribution >= 4 is 16.8 Å². The minimum absolute atomic E-state index is 0.198. The van der Waals surface area contributed by atoms with Gasteiger partial charge in [-0.15, -0.1) is 0 Å². The molecule has 0 spiro atoms. The van der Waals surface area contributed by atoms with E-state index >= 15 is 0 Å². The van der Waals surface area contributed by atoms with E-state index in [2.05, 4.69) is 0 Å². The number of carbonyl (C=O) groups is 1. The zero-order chi connectivity index (χ0) is 13.5. The Hall–Kier alpha value is -1.16. The van der Waals surface area contributed by atoms with E-state index < -0.39 is 22.7 Å². The van der Waals surface area contributed by atoms with Crippen LogP contribution in [0.5, 0.6) is 0 Å². The van der Waals surface area contributed by atoms with Gasteiger partial charge in [0.15, 0.2) is 0 Å². The van der Waals surface area contributed by atoms with Gasteiger partial charge in [0.25, 0.3) is 0 Å². The van der Waals surface area contributed by atoms with E-state index in [1.54, 1.807) is 12.1 Å². The third-order valence-electron chi connectivity index (χ3n) is 3.02. The van der Waals surface area contributed by atoms with Crippen molar-refractivity contribution in [2.24, 2.45) is 5.92 Å². The van der Waals surface area contributed by atoms with E-state index in [9.17, 15) is 14.1 Å². The van der Waals surface area contributed by atoms with Gasteiger partial charge in [0, 0.05) is 22.3 Å². The lowest BCUT2D eigenvalue weighted by Gasteiger charge is -2.14. The summed E-state index contributed by atoms with van der Waals surface area (Å²) >= 11 is 0. The van der Waals surface area contributed by atoms with Crippen LogP contribution in [-0.2, 0) is 15.6 Å². The lowest BCUT2D eigenvalue weighted by atomic mass is 10.0. The first-order valence-electron chi connectivity index (χ1n) is 6.17. The third kappa shape index (κ3) is 4.61. The average Bonchev–Trinajstić information content (AvgIpc) is 2.36. The fourth-order valence-corrected chi connectivity index (χ4v) is 3.40. The predicted octanol–water partition coefficient (Wildman–Crippen LogP) is 2.65. The largest absolute Gasteiger partial charge is 0.481 e. The first-order chi connectivity index (χ1) is 8.54. The van der Waals surface area contributed by atoms with E-state index in [4.69, 9.17) is 0 Å². The Morgan fingerprint density at radius 2 is 1.89 bits per heavy atom. The molecule has 100 valence electrons. The standard InChI is InChI=1S/C14H20O3S/c1-3-11(2)9-18(17)10-13(14(15)16)12-7-5-4-6-8-12/h4-8,11,13H,3,9-10H2,1-2H3,(H,15,16). The molecule has 0 saturated carbocycles. The Morgan fingerprint density at radius 3 is 2.39 bits per heavy atom. The fraction of sp³-hybridized carbons (Fsp3) is 0.500. The zero-order valence-electron chi connectivity index (χ0n) is 10.8. The molecule has 0 aliphatic carbocycles. The van der Waals surface area contributed by atoms with Crippen LogP contribution in [0.25, 0.3) is 0 Å². The lowest BCUT2D eigenvalue weighted by Crippen LogP contribution is -2.21. The van der Waals surface area contributed by atoms with Gasteiger partial charge in [-0.25, -0.2) is 0 Å². The molecule has 0 fully saturated rings. The van der Waals surface area contributed by atoms with Crippen molar-refractivity contribution in [2.45, 2.75) is 26.2 Å².